The van der Waals surface area contributed by atoms with Crippen LogP contribution in [-0.2, 0) is 11.3 Å². The van der Waals surface area contributed by atoms with Crippen LogP contribution in [0.25, 0.3) is 0 Å². The van der Waals surface area contributed by atoms with E-state index in [-0.39, 0.29) is 12.6 Å². The molecule has 0 aliphatic heterocycles. The van der Waals surface area contributed by atoms with E-state index in [9.17, 15) is 18.0 Å². The van der Waals surface area contributed by atoms with Crippen LogP contribution in [-0.4, -0.2) is 44.8 Å². The Labute approximate surface area is 108 Å². The van der Waals surface area contributed by atoms with E-state index in [1.54, 1.807) is 4.57 Å². The molecule has 0 fully saturated rings. The van der Waals surface area contributed by atoms with Crippen molar-refractivity contribution in [1.29, 1.82) is 0 Å². The van der Waals surface area contributed by atoms with Gasteiger partial charge in [-0.15, -0.1) is 0 Å². The van der Waals surface area contributed by atoms with Gasteiger partial charge < -0.3 is 9.67 Å². The monoisotopic (exact) mass is 279 g/mol. The van der Waals surface area contributed by atoms with Crippen molar-refractivity contribution in [1.82, 2.24) is 14.5 Å². The highest BCUT2D eigenvalue weighted by Gasteiger charge is 2.32. The molecule has 1 aromatic rings. The van der Waals surface area contributed by atoms with Crippen LogP contribution >= 0.6 is 0 Å². The number of hydrogen-bond donors (Lipinski definition) is 1. The van der Waals surface area contributed by atoms with Crippen LogP contribution < -0.4 is 0 Å². The molecule has 0 atom stereocenters. The topological polar surface area (TPSA) is 58.4 Å². The first kappa shape index (κ1) is 15.5. The number of alkyl halides is 3. The lowest BCUT2D eigenvalue weighted by Gasteiger charge is -2.23. The summed E-state index contributed by atoms with van der Waals surface area (Å²) in [5, 5.41) is 8.66. The average molecular weight is 279 g/mol. The molecule has 0 aliphatic carbocycles. The van der Waals surface area contributed by atoms with Crippen LogP contribution in [0.5, 0.6) is 0 Å². The van der Waals surface area contributed by atoms with Crippen molar-refractivity contribution >= 4 is 5.97 Å². The number of halogens is 3. The number of aliphatic carboxylic acids is 1. The lowest BCUT2D eigenvalue weighted by atomic mass is 10.3. The number of hydrogen-bond acceptors (Lipinski definition) is 3. The van der Waals surface area contributed by atoms with Gasteiger partial charge in [-0.2, -0.15) is 13.2 Å². The molecule has 0 saturated heterocycles. The fourth-order valence-corrected chi connectivity index (χ4v) is 1.76. The van der Waals surface area contributed by atoms with Gasteiger partial charge in [0, 0.05) is 18.8 Å². The van der Waals surface area contributed by atoms with E-state index in [0.717, 1.165) is 4.90 Å². The Morgan fingerprint density at radius 3 is 2.63 bits per heavy atom. The molecule has 0 amide bonds. The zero-order valence-electron chi connectivity index (χ0n) is 10.7. The van der Waals surface area contributed by atoms with Gasteiger partial charge in [0.05, 0.1) is 25.1 Å². The molecule has 1 aromatic heterocycles. The first-order valence-electron chi connectivity index (χ1n) is 5.70. The summed E-state index contributed by atoms with van der Waals surface area (Å²) in [6.45, 7) is 1.71. The molecule has 5 nitrogen and oxygen atoms in total. The molecule has 0 aromatic carbocycles. The van der Waals surface area contributed by atoms with Gasteiger partial charge in [0.25, 0.3) is 0 Å². The lowest BCUT2D eigenvalue weighted by molar-refractivity contribution is -0.155. The number of carboxylic acid groups (broad SMARTS) is 1. The largest absolute Gasteiger partial charge is 0.480 e. The SMILES string of the molecule is CC(C)n1cncc1CN(CC(=O)O)CC(F)(F)F. The third-order valence-corrected chi connectivity index (χ3v) is 2.45. The summed E-state index contributed by atoms with van der Waals surface area (Å²) in [5.41, 5.74) is 0.556. The molecule has 0 saturated carbocycles. The number of carbonyl (C=O) groups is 1. The molecular weight excluding hydrogens is 263 g/mol. The van der Waals surface area contributed by atoms with E-state index in [1.807, 2.05) is 13.8 Å². The molecule has 19 heavy (non-hydrogen) atoms. The molecule has 0 radical (unpaired) electrons. The maximum Gasteiger partial charge on any atom is 0.401 e. The Bertz CT molecular complexity index is 429. The van der Waals surface area contributed by atoms with Gasteiger partial charge >= 0.3 is 12.1 Å². The smallest absolute Gasteiger partial charge is 0.401 e. The predicted octanol–water partition coefficient (Wildman–Crippen LogP) is 1.91. The molecule has 1 N–H and O–H groups in total. The summed E-state index contributed by atoms with van der Waals surface area (Å²) >= 11 is 0. The molecule has 8 heteroatoms. The minimum Gasteiger partial charge on any atom is -0.480 e. The molecule has 0 spiro atoms. The number of nitrogens with zero attached hydrogens (tertiary/aromatic N) is 3. The van der Waals surface area contributed by atoms with Gasteiger partial charge in [-0.1, -0.05) is 0 Å². The van der Waals surface area contributed by atoms with Crippen molar-refractivity contribution in [3.05, 3.63) is 18.2 Å². The number of carboxylic acids is 1. The Hall–Kier alpha value is -1.57. The second kappa shape index (κ2) is 6.05. The second-order valence-electron chi connectivity index (χ2n) is 4.54. The minimum atomic E-state index is -4.43. The van der Waals surface area contributed by atoms with Crippen molar-refractivity contribution < 1.29 is 23.1 Å². The van der Waals surface area contributed by atoms with E-state index in [2.05, 4.69) is 4.98 Å². The third-order valence-electron chi connectivity index (χ3n) is 2.45. The number of rotatable bonds is 6. The minimum absolute atomic E-state index is 0.0510. The van der Waals surface area contributed by atoms with E-state index in [0.29, 0.717) is 5.69 Å². The van der Waals surface area contributed by atoms with Gasteiger partial charge in [0.15, 0.2) is 0 Å². The van der Waals surface area contributed by atoms with Crippen molar-refractivity contribution in [3.8, 4) is 0 Å². The standard InChI is InChI=1S/C11H16F3N3O2/c1-8(2)17-7-15-3-9(17)4-16(5-10(18)19)6-11(12,13)14/h3,7-8H,4-6H2,1-2H3,(H,18,19). The first-order chi connectivity index (χ1) is 8.69. The normalized spacial score (nSPS) is 12.4. The summed E-state index contributed by atoms with van der Waals surface area (Å²) < 4.78 is 38.9. The maximum atomic E-state index is 12.4. The Balaban J connectivity index is 2.81. The molecule has 108 valence electrons. The fraction of sp³-hybridized carbons (Fsp3) is 0.636. The number of aromatic nitrogens is 2. The molecule has 1 heterocycles. The third kappa shape index (κ3) is 5.29. The quantitative estimate of drug-likeness (QED) is 0.864. The van der Waals surface area contributed by atoms with Crippen LogP contribution in [0, 0.1) is 0 Å². The lowest BCUT2D eigenvalue weighted by Crippen LogP contribution is -2.37. The second-order valence-corrected chi connectivity index (χ2v) is 4.54. The van der Waals surface area contributed by atoms with Crippen LogP contribution in [0.1, 0.15) is 25.6 Å². The molecule has 0 unspecified atom stereocenters. The highest BCUT2D eigenvalue weighted by Crippen LogP contribution is 2.19. The summed E-state index contributed by atoms with van der Waals surface area (Å²) in [5.74, 6) is -1.29. The summed E-state index contributed by atoms with van der Waals surface area (Å²) in [6, 6.07) is 0.0510. The molecule has 0 aliphatic rings. The van der Waals surface area contributed by atoms with E-state index in [1.165, 1.54) is 12.5 Å². The fourth-order valence-electron chi connectivity index (χ4n) is 1.76. The van der Waals surface area contributed by atoms with Gasteiger partial charge in [-0.05, 0) is 13.8 Å². The molecular formula is C11H16F3N3O2. The van der Waals surface area contributed by atoms with E-state index >= 15 is 0 Å². The highest BCUT2D eigenvalue weighted by atomic mass is 19.4. The summed E-state index contributed by atoms with van der Waals surface area (Å²) in [4.78, 5) is 15.3. The van der Waals surface area contributed by atoms with Crippen LogP contribution in [0.2, 0.25) is 0 Å². The summed E-state index contributed by atoms with van der Waals surface area (Å²) in [7, 11) is 0. The highest BCUT2D eigenvalue weighted by molar-refractivity contribution is 5.69. The van der Waals surface area contributed by atoms with Crippen molar-refractivity contribution in [3.63, 3.8) is 0 Å². The number of imidazole rings is 1. The predicted molar refractivity (Wildman–Crippen MR) is 61.6 cm³/mol. The van der Waals surface area contributed by atoms with Crippen molar-refractivity contribution in [2.45, 2.75) is 32.6 Å². The van der Waals surface area contributed by atoms with Crippen LogP contribution in [0.4, 0.5) is 13.2 Å². The van der Waals surface area contributed by atoms with E-state index < -0.39 is 25.2 Å². The Kier molecular flexibility index (Phi) is 4.93. The zero-order valence-corrected chi connectivity index (χ0v) is 10.7. The Morgan fingerprint density at radius 2 is 2.16 bits per heavy atom. The van der Waals surface area contributed by atoms with Crippen molar-refractivity contribution in [2.75, 3.05) is 13.1 Å². The van der Waals surface area contributed by atoms with Gasteiger partial charge in [-0.3, -0.25) is 9.69 Å². The van der Waals surface area contributed by atoms with Gasteiger partial charge in [0.2, 0.25) is 0 Å². The summed E-state index contributed by atoms with van der Waals surface area (Å²) in [6.07, 6.45) is -1.46. The first-order valence-corrected chi connectivity index (χ1v) is 5.70. The molecule has 0 bridgehead atoms. The zero-order chi connectivity index (χ0) is 14.6. The van der Waals surface area contributed by atoms with Crippen LogP contribution in [0.3, 0.4) is 0 Å². The van der Waals surface area contributed by atoms with Crippen LogP contribution in [0.15, 0.2) is 12.5 Å². The average Bonchev–Trinajstić information content (AvgIpc) is 2.61. The van der Waals surface area contributed by atoms with Gasteiger partial charge in [0.1, 0.15) is 0 Å². The Morgan fingerprint density at radius 1 is 1.53 bits per heavy atom. The maximum absolute atomic E-state index is 12.4. The van der Waals surface area contributed by atoms with Crippen molar-refractivity contribution in [2.24, 2.45) is 0 Å². The van der Waals surface area contributed by atoms with Gasteiger partial charge in [-0.25, -0.2) is 4.98 Å². The van der Waals surface area contributed by atoms with E-state index in [4.69, 9.17) is 5.11 Å². The molecule has 1 rings (SSSR count).